The maximum absolute atomic E-state index is 13.2. The van der Waals surface area contributed by atoms with Crippen LogP contribution in [0.4, 0.5) is 0 Å². The van der Waals surface area contributed by atoms with E-state index >= 15 is 0 Å². The van der Waals surface area contributed by atoms with E-state index in [4.69, 9.17) is 9.47 Å². The van der Waals surface area contributed by atoms with E-state index < -0.39 is 0 Å². The van der Waals surface area contributed by atoms with Gasteiger partial charge in [-0.2, -0.15) is 0 Å². The molecule has 5 aliphatic heterocycles. The lowest BCUT2D eigenvalue weighted by atomic mass is 9.58. The van der Waals surface area contributed by atoms with Gasteiger partial charge < -0.3 is 9.47 Å². The second-order valence-electron chi connectivity index (χ2n) is 7.89. The molecule has 0 aromatic heterocycles. The van der Waals surface area contributed by atoms with E-state index in [1.807, 2.05) is 6.07 Å². The number of hydrogen-bond donors (Lipinski definition) is 0. The minimum Gasteiger partial charge on any atom is -0.454 e. The highest BCUT2D eigenvalue weighted by Crippen LogP contribution is 2.55. The van der Waals surface area contributed by atoms with Crippen LogP contribution in [-0.4, -0.2) is 48.6 Å². The molecule has 5 heteroatoms. The smallest absolute Gasteiger partial charge is 0.231 e. The van der Waals surface area contributed by atoms with Crippen LogP contribution in [0.2, 0.25) is 0 Å². The molecule has 0 radical (unpaired) electrons. The molecule has 5 aliphatic rings. The van der Waals surface area contributed by atoms with Crippen LogP contribution in [0.15, 0.2) is 18.2 Å². The number of piperidine rings is 2. The van der Waals surface area contributed by atoms with Gasteiger partial charge in [0.1, 0.15) is 5.78 Å². The predicted molar refractivity (Wildman–Crippen MR) is 88.9 cm³/mol. The molecule has 5 heterocycles. The van der Waals surface area contributed by atoms with Crippen LogP contribution in [0, 0.1) is 10.8 Å². The number of carbonyl (C=O) groups excluding carboxylic acids is 1. The van der Waals surface area contributed by atoms with Gasteiger partial charge in [-0.05, 0) is 30.5 Å². The molecule has 0 atom stereocenters. The molecule has 0 saturated carbocycles. The Labute approximate surface area is 142 Å². The first kappa shape index (κ1) is 14.7. The standard InChI is InChI=1S/C19H24N2O3/c1-3-18-8-20-10-19(4-2,17(18)22)11-21(9-18)16(20)13-5-6-14-15(7-13)24-12-23-14/h5-7,16H,3-4,8-12H2,1-2H3. The summed E-state index contributed by atoms with van der Waals surface area (Å²) in [6.45, 7) is 8.21. The van der Waals surface area contributed by atoms with Crippen molar-refractivity contribution < 1.29 is 14.3 Å². The molecule has 0 N–H and O–H groups in total. The predicted octanol–water partition coefficient (Wildman–Crippen LogP) is 2.42. The fourth-order valence-electron chi connectivity index (χ4n) is 5.46. The van der Waals surface area contributed by atoms with Crippen LogP contribution in [0.3, 0.4) is 0 Å². The molecule has 0 aliphatic carbocycles. The summed E-state index contributed by atoms with van der Waals surface area (Å²) in [7, 11) is 0. The van der Waals surface area contributed by atoms with Crippen molar-refractivity contribution in [3.05, 3.63) is 23.8 Å². The summed E-state index contributed by atoms with van der Waals surface area (Å²) in [6, 6.07) is 6.29. The van der Waals surface area contributed by atoms with Crippen molar-refractivity contribution in [3.63, 3.8) is 0 Å². The minimum atomic E-state index is -0.167. The van der Waals surface area contributed by atoms with Crippen molar-refractivity contribution >= 4 is 5.78 Å². The van der Waals surface area contributed by atoms with E-state index in [9.17, 15) is 4.79 Å². The summed E-state index contributed by atoms with van der Waals surface area (Å²) in [5, 5.41) is 0. The van der Waals surface area contributed by atoms with Gasteiger partial charge in [0.25, 0.3) is 0 Å². The van der Waals surface area contributed by atoms with E-state index in [2.05, 4.69) is 35.8 Å². The molecule has 4 fully saturated rings. The first-order valence-electron chi connectivity index (χ1n) is 9.03. The normalized spacial score (nSPS) is 41.9. The van der Waals surface area contributed by atoms with E-state index in [1.165, 1.54) is 5.56 Å². The summed E-state index contributed by atoms with van der Waals surface area (Å²) in [5.74, 6) is 2.20. The Kier molecular flexibility index (Phi) is 2.90. The van der Waals surface area contributed by atoms with Crippen LogP contribution in [0.5, 0.6) is 11.5 Å². The second kappa shape index (κ2) is 4.73. The quantitative estimate of drug-likeness (QED) is 0.852. The van der Waals surface area contributed by atoms with Crippen molar-refractivity contribution in [1.82, 2.24) is 9.80 Å². The van der Waals surface area contributed by atoms with Crippen molar-refractivity contribution in [2.24, 2.45) is 10.8 Å². The van der Waals surface area contributed by atoms with E-state index in [-0.39, 0.29) is 17.0 Å². The summed E-state index contributed by atoms with van der Waals surface area (Å²) < 4.78 is 11.0. The SMILES string of the molecule is CCC12CN3CC(CC)(CN(C1)C3c1ccc3c(c1)OCO3)C2=O. The zero-order valence-corrected chi connectivity index (χ0v) is 14.4. The Morgan fingerprint density at radius 2 is 1.58 bits per heavy atom. The average Bonchev–Trinajstić information content (AvgIpc) is 3.06. The number of nitrogens with zero attached hydrogens (tertiary/aromatic N) is 2. The zero-order valence-electron chi connectivity index (χ0n) is 14.4. The molecule has 4 saturated heterocycles. The summed E-state index contributed by atoms with van der Waals surface area (Å²) in [5.41, 5.74) is 0.918. The molecular formula is C19H24N2O3. The monoisotopic (exact) mass is 328 g/mol. The zero-order chi connectivity index (χ0) is 16.5. The summed E-state index contributed by atoms with van der Waals surface area (Å²) >= 11 is 0. The Morgan fingerprint density at radius 1 is 1.00 bits per heavy atom. The van der Waals surface area contributed by atoms with Gasteiger partial charge in [-0.15, -0.1) is 0 Å². The Hall–Kier alpha value is -1.59. The highest BCUT2D eigenvalue weighted by atomic mass is 16.7. The van der Waals surface area contributed by atoms with Crippen LogP contribution in [0.25, 0.3) is 0 Å². The maximum atomic E-state index is 13.2. The molecule has 24 heavy (non-hydrogen) atoms. The topological polar surface area (TPSA) is 42.0 Å². The van der Waals surface area contributed by atoms with Crippen LogP contribution < -0.4 is 9.47 Å². The van der Waals surface area contributed by atoms with Gasteiger partial charge >= 0.3 is 0 Å². The van der Waals surface area contributed by atoms with Gasteiger partial charge in [0.05, 0.1) is 17.0 Å². The number of rotatable bonds is 3. The lowest BCUT2D eigenvalue weighted by Gasteiger charge is -2.66. The second-order valence-corrected chi connectivity index (χ2v) is 7.89. The van der Waals surface area contributed by atoms with Crippen LogP contribution in [0.1, 0.15) is 38.4 Å². The third kappa shape index (κ3) is 1.69. The minimum absolute atomic E-state index is 0.167. The molecule has 0 amide bonds. The fraction of sp³-hybridized carbons (Fsp3) is 0.632. The largest absolute Gasteiger partial charge is 0.454 e. The van der Waals surface area contributed by atoms with Crippen molar-refractivity contribution in [3.8, 4) is 11.5 Å². The maximum Gasteiger partial charge on any atom is 0.231 e. The van der Waals surface area contributed by atoms with Gasteiger partial charge in [0.2, 0.25) is 6.79 Å². The third-order valence-electron chi connectivity index (χ3n) is 6.73. The number of fused-ring (bicyclic) bond motifs is 1. The third-order valence-corrected chi connectivity index (χ3v) is 6.73. The summed E-state index contributed by atoms with van der Waals surface area (Å²) in [4.78, 5) is 18.2. The Morgan fingerprint density at radius 3 is 2.17 bits per heavy atom. The van der Waals surface area contributed by atoms with Crippen molar-refractivity contribution in [2.45, 2.75) is 32.9 Å². The van der Waals surface area contributed by atoms with E-state index in [1.54, 1.807) is 0 Å². The first-order valence-corrected chi connectivity index (χ1v) is 9.03. The van der Waals surface area contributed by atoms with Gasteiger partial charge in [0, 0.05) is 26.2 Å². The molecule has 4 bridgehead atoms. The molecule has 1 aromatic rings. The highest BCUT2D eigenvalue weighted by Gasteiger charge is 2.64. The number of ether oxygens (including phenoxy) is 2. The fourth-order valence-corrected chi connectivity index (χ4v) is 5.46. The Balaban J connectivity index is 1.55. The molecule has 0 unspecified atom stereocenters. The lowest BCUT2D eigenvalue weighted by molar-refractivity contribution is -0.204. The van der Waals surface area contributed by atoms with E-state index in [0.717, 1.165) is 50.5 Å². The first-order chi connectivity index (χ1) is 11.6. The van der Waals surface area contributed by atoms with Crippen molar-refractivity contribution in [2.75, 3.05) is 33.0 Å². The highest BCUT2D eigenvalue weighted by molar-refractivity contribution is 5.93. The average molecular weight is 328 g/mol. The van der Waals surface area contributed by atoms with Crippen LogP contribution in [-0.2, 0) is 4.79 Å². The molecule has 0 spiro atoms. The number of Topliss-reactive ketones (excluding diaryl/α,β-unsaturated/α-hetero) is 1. The molecule has 128 valence electrons. The van der Waals surface area contributed by atoms with E-state index in [0.29, 0.717) is 12.6 Å². The van der Waals surface area contributed by atoms with Crippen LogP contribution >= 0.6 is 0 Å². The number of carbonyl (C=O) groups is 1. The molecule has 5 nitrogen and oxygen atoms in total. The Bertz CT molecular complexity index is 675. The summed E-state index contributed by atoms with van der Waals surface area (Å²) in [6.07, 6.45) is 2.13. The number of hydrogen-bond acceptors (Lipinski definition) is 5. The van der Waals surface area contributed by atoms with Gasteiger partial charge in [-0.1, -0.05) is 19.9 Å². The van der Waals surface area contributed by atoms with Gasteiger partial charge in [-0.25, -0.2) is 0 Å². The van der Waals surface area contributed by atoms with Crippen molar-refractivity contribution in [1.29, 1.82) is 0 Å². The molecular weight excluding hydrogens is 304 g/mol. The van der Waals surface area contributed by atoms with Gasteiger partial charge in [-0.3, -0.25) is 14.6 Å². The number of ketones is 1. The molecule has 1 aromatic carbocycles. The lowest BCUT2D eigenvalue weighted by Crippen LogP contribution is -2.76. The number of benzene rings is 1. The molecule has 6 rings (SSSR count). The van der Waals surface area contributed by atoms with Gasteiger partial charge in [0.15, 0.2) is 11.5 Å².